The molecular formula is C21H20ClFN2O3. The minimum Gasteiger partial charge on any atom is -0.459 e. The van der Waals surface area contributed by atoms with Crippen LogP contribution in [0.1, 0.15) is 41.8 Å². The van der Waals surface area contributed by atoms with Gasteiger partial charge in [-0.15, -0.1) is 0 Å². The molecule has 1 atom stereocenters. The number of hydrogen-bond donors (Lipinski definition) is 1. The van der Waals surface area contributed by atoms with Crippen LogP contribution >= 0.6 is 11.6 Å². The minimum atomic E-state index is -0.884. The predicted molar refractivity (Wildman–Crippen MR) is 103 cm³/mol. The first-order valence-corrected chi connectivity index (χ1v) is 9.09. The highest BCUT2D eigenvalue weighted by Crippen LogP contribution is 2.14. The van der Waals surface area contributed by atoms with Gasteiger partial charge in [-0.05, 0) is 54.8 Å². The number of nitriles is 1. The van der Waals surface area contributed by atoms with E-state index >= 15 is 0 Å². The fourth-order valence-corrected chi connectivity index (χ4v) is 2.66. The molecule has 0 aliphatic rings. The molecule has 0 aromatic heterocycles. The minimum absolute atomic E-state index is 0.0970. The van der Waals surface area contributed by atoms with Crippen LogP contribution in [-0.2, 0) is 16.1 Å². The maximum Gasteiger partial charge on any atom is 0.328 e. The van der Waals surface area contributed by atoms with E-state index in [1.165, 1.54) is 12.1 Å². The Kier molecular flexibility index (Phi) is 7.53. The molecule has 7 heteroatoms. The molecule has 0 aliphatic carbocycles. The van der Waals surface area contributed by atoms with Crippen molar-refractivity contribution >= 4 is 23.5 Å². The highest BCUT2D eigenvalue weighted by Gasteiger charge is 2.24. The van der Waals surface area contributed by atoms with Gasteiger partial charge in [-0.25, -0.2) is 9.18 Å². The molecule has 1 N–H and O–H groups in total. The zero-order chi connectivity index (χ0) is 20.7. The van der Waals surface area contributed by atoms with Crippen LogP contribution in [0.5, 0.6) is 0 Å². The molecule has 5 nitrogen and oxygen atoms in total. The van der Waals surface area contributed by atoms with E-state index in [9.17, 15) is 14.0 Å². The van der Waals surface area contributed by atoms with Gasteiger partial charge in [0.15, 0.2) is 0 Å². The van der Waals surface area contributed by atoms with Gasteiger partial charge in [0.25, 0.3) is 5.91 Å². The van der Waals surface area contributed by atoms with Crippen molar-refractivity contribution in [3.8, 4) is 6.07 Å². The molecule has 0 radical (unpaired) electrons. The number of ether oxygens (including phenoxy) is 1. The average molecular weight is 403 g/mol. The first-order valence-electron chi connectivity index (χ1n) is 8.71. The second-order valence-electron chi connectivity index (χ2n) is 6.69. The van der Waals surface area contributed by atoms with Gasteiger partial charge >= 0.3 is 5.97 Å². The second kappa shape index (κ2) is 9.86. The second-order valence-corrected chi connectivity index (χ2v) is 7.12. The fraction of sp³-hybridized carbons (Fsp3) is 0.286. The zero-order valence-electron chi connectivity index (χ0n) is 15.5. The van der Waals surface area contributed by atoms with Gasteiger partial charge in [0.1, 0.15) is 18.5 Å². The normalized spacial score (nSPS) is 11.6. The topological polar surface area (TPSA) is 79.2 Å². The number of rotatable bonds is 7. The number of amides is 1. The summed E-state index contributed by atoms with van der Waals surface area (Å²) in [7, 11) is 0. The van der Waals surface area contributed by atoms with Crippen molar-refractivity contribution in [3.05, 3.63) is 70.0 Å². The monoisotopic (exact) mass is 402 g/mol. The molecule has 0 saturated carbocycles. The largest absolute Gasteiger partial charge is 0.459 e. The lowest BCUT2D eigenvalue weighted by Crippen LogP contribution is -2.42. The van der Waals surface area contributed by atoms with Crippen molar-refractivity contribution < 1.29 is 18.7 Å². The van der Waals surface area contributed by atoms with Crippen LogP contribution < -0.4 is 5.32 Å². The molecule has 0 spiro atoms. The number of halogens is 2. The first-order chi connectivity index (χ1) is 13.3. The van der Waals surface area contributed by atoms with Crippen LogP contribution in [0.2, 0.25) is 5.02 Å². The van der Waals surface area contributed by atoms with E-state index in [0.29, 0.717) is 17.0 Å². The number of carbonyl (C=O) groups is 2. The van der Waals surface area contributed by atoms with Gasteiger partial charge in [-0.2, -0.15) is 5.26 Å². The summed E-state index contributed by atoms with van der Waals surface area (Å²) in [6.45, 7) is 3.49. The van der Waals surface area contributed by atoms with Gasteiger partial charge in [0, 0.05) is 16.1 Å². The lowest BCUT2D eigenvalue weighted by Gasteiger charge is -2.19. The first kappa shape index (κ1) is 21.4. The highest BCUT2D eigenvalue weighted by atomic mass is 35.5. The van der Waals surface area contributed by atoms with Crippen LogP contribution in [0.25, 0.3) is 0 Å². The standard InChI is InChI=1S/C21H20ClFN2O3/c1-13(2)9-19(25-20(26)15-4-6-17(22)7-5-15)21(27)28-12-16-10-14(11-24)3-8-18(16)23/h3-8,10,13,19H,9,12H2,1-2H3,(H,25,26). The van der Waals surface area contributed by atoms with Crippen molar-refractivity contribution in [3.63, 3.8) is 0 Å². The van der Waals surface area contributed by atoms with E-state index in [-0.39, 0.29) is 23.7 Å². The quantitative estimate of drug-likeness (QED) is 0.702. The van der Waals surface area contributed by atoms with E-state index in [2.05, 4.69) is 5.32 Å². The molecule has 2 aromatic rings. The number of carbonyl (C=O) groups excluding carboxylic acids is 2. The summed E-state index contributed by atoms with van der Waals surface area (Å²) in [6, 6.07) is 11.1. The van der Waals surface area contributed by atoms with Gasteiger partial charge in [0.2, 0.25) is 0 Å². The van der Waals surface area contributed by atoms with Gasteiger partial charge in [-0.3, -0.25) is 4.79 Å². The molecule has 0 saturated heterocycles. The molecule has 0 aliphatic heterocycles. The van der Waals surface area contributed by atoms with Crippen LogP contribution in [0.4, 0.5) is 4.39 Å². The maximum absolute atomic E-state index is 13.9. The number of nitrogens with zero attached hydrogens (tertiary/aromatic N) is 1. The summed E-state index contributed by atoms with van der Waals surface area (Å²) in [4.78, 5) is 24.9. The van der Waals surface area contributed by atoms with Crippen LogP contribution in [-0.4, -0.2) is 17.9 Å². The molecule has 0 fully saturated rings. The average Bonchev–Trinajstić information content (AvgIpc) is 2.66. The van der Waals surface area contributed by atoms with Crippen LogP contribution in [0.15, 0.2) is 42.5 Å². The molecule has 2 aromatic carbocycles. The Hall–Kier alpha value is -2.91. The Morgan fingerprint density at radius 1 is 1.21 bits per heavy atom. The summed E-state index contributed by atoms with van der Waals surface area (Å²) in [5, 5.41) is 12.1. The van der Waals surface area contributed by atoms with Crippen molar-refractivity contribution in [1.29, 1.82) is 5.26 Å². The van der Waals surface area contributed by atoms with Crippen LogP contribution in [0.3, 0.4) is 0 Å². The Labute approximate surface area is 168 Å². The summed E-state index contributed by atoms with van der Waals surface area (Å²) in [6.07, 6.45) is 0.360. The third kappa shape index (κ3) is 6.07. The number of benzene rings is 2. The van der Waals surface area contributed by atoms with E-state index in [1.54, 1.807) is 24.3 Å². The fourth-order valence-electron chi connectivity index (χ4n) is 2.53. The van der Waals surface area contributed by atoms with Crippen LogP contribution in [0, 0.1) is 23.1 Å². The van der Waals surface area contributed by atoms with Crippen molar-refractivity contribution in [1.82, 2.24) is 5.32 Å². The number of esters is 1. The third-order valence-electron chi connectivity index (χ3n) is 3.95. The van der Waals surface area contributed by atoms with E-state index in [1.807, 2.05) is 19.9 Å². The lowest BCUT2D eigenvalue weighted by molar-refractivity contribution is -0.147. The maximum atomic E-state index is 13.9. The van der Waals surface area contributed by atoms with Gasteiger partial charge in [-0.1, -0.05) is 25.4 Å². The molecule has 0 bridgehead atoms. The van der Waals surface area contributed by atoms with E-state index in [4.69, 9.17) is 21.6 Å². The summed E-state index contributed by atoms with van der Waals surface area (Å²) in [5.74, 6) is -1.56. The van der Waals surface area contributed by atoms with Crippen molar-refractivity contribution in [2.75, 3.05) is 0 Å². The molecule has 146 valence electrons. The van der Waals surface area contributed by atoms with E-state index in [0.717, 1.165) is 6.07 Å². The summed E-state index contributed by atoms with van der Waals surface area (Å²) in [5.41, 5.74) is 0.723. The highest BCUT2D eigenvalue weighted by molar-refractivity contribution is 6.30. The molecule has 1 unspecified atom stereocenters. The molecule has 1 amide bonds. The Balaban J connectivity index is 2.07. The Morgan fingerprint density at radius 2 is 1.89 bits per heavy atom. The van der Waals surface area contributed by atoms with Gasteiger partial charge in [0.05, 0.1) is 11.6 Å². The summed E-state index contributed by atoms with van der Waals surface area (Å²) < 4.78 is 19.1. The van der Waals surface area contributed by atoms with Crippen molar-refractivity contribution in [2.24, 2.45) is 5.92 Å². The molecule has 28 heavy (non-hydrogen) atoms. The Morgan fingerprint density at radius 3 is 2.50 bits per heavy atom. The summed E-state index contributed by atoms with van der Waals surface area (Å²) >= 11 is 5.82. The molecular weight excluding hydrogens is 383 g/mol. The Bertz CT molecular complexity index is 892. The molecule has 0 heterocycles. The van der Waals surface area contributed by atoms with E-state index < -0.39 is 23.7 Å². The third-order valence-corrected chi connectivity index (χ3v) is 4.20. The van der Waals surface area contributed by atoms with Gasteiger partial charge < -0.3 is 10.1 Å². The molecule has 2 rings (SSSR count). The predicted octanol–water partition coefficient (Wildman–Crippen LogP) is 4.24. The number of hydrogen-bond acceptors (Lipinski definition) is 4. The smallest absolute Gasteiger partial charge is 0.328 e. The zero-order valence-corrected chi connectivity index (χ0v) is 16.3. The lowest BCUT2D eigenvalue weighted by atomic mass is 10.0. The van der Waals surface area contributed by atoms with Crippen molar-refractivity contribution in [2.45, 2.75) is 32.9 Å². The number of nitrogens with one attached hydrogen (secondary N) is 1. The SMILES string of the molecule is CC(C)CC(NC(=O)c1ccc(Cl)cc1)C(=O)OCc1cc(C#N)ccc1F.